The molecule has 1 N–H and O–H groups in total. The number of hydrogen-bond donors (Lipinski definition) is 1. The van der Waals surface area contributed by atoms with Gasteiger partial charge in [0.2, 0.25) is 5.91 Å². The third-order valence-electron chi connectivity index (χ3n) is 12.2. The van der Waals surface area contributed by atoms with Gasteiger partial charge in [-0.3, -0.25) is 4.79 Å². The highest BCUT2D eigenvalue weighted by molar-refractivity contribution is 6.43. The number of pyridine rings is 1. The third-order valence-corrected chi connectivity index (χ3v) is 13.0. The van der Waals surface area contributed by atoms with E-state index < -0.39 is 5.82 Å². The Morgan fingerprint density at radius 3 is 2.74 bits per heavy atom. The zero-order valence-corrected chi connectivity index (χ0v) is 30.9. The molecule has 53 heavy (non-hydrogen) atoms. The molecule has 3 saturated carbocycles. The van der Waals surface area contributed by atoms with Gasteiger partial charge < -0.3 is 19.5 Å². The molecule has 272 valence electrons. The van der Waals surface area contributed by atoms with Crippen LogP contribution in [0.1, 0.15) is 85.7 Å². The number of carbonyl (C=O) groups excluding carboxylic acids is 1. The summed E-state index contributed by atoms with van der Waals surface area (Å²) in [5, 5.41) is 24.2. The van der Waals surface area contributed by atoms with Crippen molar-refractivity contribution in [2.45, 2.75) is 95.2 Å². The van der Waals surface area contributed by atoms with Crippen LogP contribution in [0.5, 0.6) is 0 Å². The molecular formula is C40H39Cl2FN8O2. The van der Waals surface area contributed by atoms with Gasteiger partial charge in [-0.25, -0.2) is 14.1 Å². The Morgan fingerprint density at radius 1 is 1.15 bits per heavy atom. The van der Waals surface area contributed by atoms with Gasteiger partial charge >= 0.3 is 0 Å². The Bertz CT molecular complexity index is 2350. The minimum atomic E-state index is -0.480. The van der Waals surface area contributed by atoms with E-state index in [2.05, 4.69) is 32.3 Å². The number of benzene rings is 2. The van der Waals surface area contributed by atoms with Gasteiger partial charge in [-0.15, -0.1) is 5.10 Å². The molecule has 0 radical (unpaired) electrons. The maximum Gasteiger partial charge on any atom is 0.226 e. The number of rotatable bonds is 10. The highest BCUT2D eigenvalue weighted by Crippen LogP contribution is 2.51. The van der Waals surface area contributed by atoms with Crippen LogP contribution in [0, 0.1) is 35.9 Å². The minimum Gasteiger partial charge on any atom is -0.370 e. The number of carbonyl (C=O) groups is 1. The van der Waals surface area contributed by atoms with Gasteiger partial charge in [0.05, 0.1) is 58.7 Å². The Hall–Kier alpha value is -4.08. The number of ether oxygens (including phenoxy) is 1. The molecule has 11 rings (SSSR count). The Kier molecular flexibility index (Phi) is 8.06. The normalized spacial score (nSPS) is 25.0. The molecule has 3 aliphatic carbocycles. The molecule has 6 heterocycles. The van der Waals surface area contributed by atoms with Gasteiger partial charge in [0, 0.05) is 71.2 Å². The molecule has 5 unspecified atom stereocenters. The third kappa shape index (κ3) is 5.55. The number of halogens is 3. The molecule has 1 amide bonds. The van der Waals surface area contributed by atoms with Crippen LogP contribution in [-0.2, 0) is 22.6 Å². The predicted octanol–water partition coefficient (Wildman–Crippen LogP) is 7.80. The lowest BCUT2D eigenvalue weighted by Crippen LogP contribution is -2.41. The fourth-order valence-corrected chi connectivity index (χ4v) is 9.60. The van der Waals surface area contributed by atoms with E-state index in [1.54, 1.807) is 18.2 Å². The number of fused-ring (bicyclic) bond motifs is 4. The molecule has 13 heteroatoms. The lowest BCUT2D eigenvalue weighted by Gasteiger charge is -2.39. The molecule has 2 bridgehead atoms. The first-order chi connectivity index (χ1) is 25.8. The van der Waals surface area contributed by atoms with E-state index in [0.29, 0.717) is 70.7 Å². The smallest absolute Gasteiger partial charge is 0.226 e. The van der Waals surface area contributed by atoms with E-state index in [1.165, 1.54) is 0 Å². The summed E-state index contributed by atoms with van der Waals surface area (Å²) in [6, 6.07) is 12.3. The lowest BCUT2D eigenvalue weighted by molar-refractivity contribution is -0.134. The van der Waals surface area contributed by atoms with Gasteiger partial charge in [-0.1, -0.05) is 40.5 Å². The summed E-state index contributed by atoms with van der Waals surface area (Å²) in [6.45, 7) is 3.69. The van der Waals surface area contributed by atoms with Crippen molar-refractivity contribution in [1.29, 1.82) is 5.26 Å². The van der Waals surface area contributed by atoms with Crippen molar-refractivity contribution in [1.82, 2.24) is 34.8 Å². The van der Waals surface area contributed by atoms with Gasteiger partial charge in [-0.05, 0) is 75.1 Å². The summed E-state index contributed by atoms with van der Waals surface area (Å²) in [5.41, 5.74) is 5.21. The molecule has 3 saturated heterocycles. The second-order valence-electron chi connectivity index (χ2n) is 15.7. The van der Waals surface area contributed by atoms with Gasteiger partial charge in [0.25, 0.3) is 0 Å². The van der Waals surface area contributed by atoms with E-state index in [0.717, 1.165) is 60.9 Å². The van der Waals surface area contributed by atoms with Crippen molar-refractivity contribution < 1.29 is 13.9 Å². The van der Waals surface area contributed by atoms with Crippen LogP contribution in [0.4, 0.5) is 4.39 Å². The number of hydrogen-bond acceptors (Lipinski definition) is 7. The first-order valence-electron chi connectivity index (χ1n) is 18.8. The van der Waals surface area contributed by atoms with Crippen LogP contribution in [0.15, 0.2) is 36.5 Å². The van der Waals surface area contributed by atoms with Crippen molar-refractivity contribution in [3.8, 4) is 17.2 Å². The molecule has 3 aromatic heterocycles. The van der Waals surface area contributed by atoms with E-state index in [4.69, 9.17) is 32.9 Å². The highest BCUT2D eigenvalue weighted by atomic mass is 35.5. The molecule has 5 aromatic rings. The Balaban J connectivity index is 1.12. The molecule has 2 aromatic carbocycles. The first kappa shape index (κ1) is 33.5. The van der Waals surface area contributed by atoms with E-state index in [-0.39, 0.29) is 53.0 Å². The van der Waals surface area contributed by atoms with E-state index in [9.17, 15) is 10.1 Å². The number of likely N-dealkylation sites (tertiary alicyclic amines) is 1. The van der Waals surface area contributed by atoms with E-state index in [1.807, 2.05) is 28.8 Å². The van der Waals surface area contributed by atoms with Crippen molar-refractivity contribution in [2.24, 2.45) is 11.8 Å². The van der Waals surface area contributed by atoms with Crippen LogP contribution in [0.3, 0.4) is 0 Å². The largest absolute Gasteiger partial charge is 0.370 e. The number of aryl methyl sites for hydroxylation is 2. The van der Waals surface area contributed by atoms with Crippen LogP contribution in [0.25, 0.3) is 32.9 Å². The fraction of sp³-hybridized carbons (Fsp3) is 0.475. The molecular weight excluding hydrogens is 714 g/mol. The lowest BCUT2D eigenvalue weighted by atomic mass is 9.79. The van der Waals surface area contributed by atoms with Crippen molar-refractivity contribution >= 4 is 50.9 Å². The summed E-state index contributed by atoms with van der Waals surface area (Å²) in [5.74, 6) is 0.166. The predicted molar refractivity (Wildman–Crippen MR) is 199 cm³/mol. The maximum atomic E-state index is 17.2. The Morgan fingerprint density at radius 2 is 2.00 bits per heavy atom. The summed E-state index contributed by atoms with van der Waals surface area (Å²) in [4.78, 5) is 21.0. The highest BCUT2D eigenvalue weighted by Gasteiger charge is 2.51. The minimum absolute atomic E-state index is 0.0480. The summed E-state index contributed by atoms with van der Waals surface area (Å²) in [6.07, 6.45) is 8.16. The van der Waals surface area contributed by atoms with Gasteiger partial charge in [0.15, 0.2) is 5.82 Å². The van der Waals surface area contributed by atoms with Crippen LogP contribution < -0.4 is 5.32 Å². The topological polar surface area (TPSA) is 114 Å². The summed E-state index contributed by atoms with van der Waals surface area (Å²) >= 11 is 13.1. The van der Waals surface area contributed by atoms with Gasteiger partial charge in [-0.2, -0.15) is 5.26 Å². The molecule has 6 aliphatic rings. The zero-order valence-electron chi connectivity index (χ0n) is 29.4. The summed E-state index contributed by atoms with van der Waals surface area (Å²) < 4.78 is 28.1. The molecule has 5 atom stereocenters. The monoisotopic (exact) mass is 752 g/mol. The number of nitriles is 1. The van der Waals surface area contributed by atoms with Crippen LogP contribution >= 0.6 is 23.2 Å². The number of nitrogens with one attached hydrogen (secondary N) is 1. The molecule has 3 aliphatic heterocycles. The zero-order chi connectivity index (χ0) is 36.1. The summed E-state index contributed by atoms with van der Waals surface area (Å²) in [7, 11) is 0. The SMILES string of the molecule is Cc1nc2c(F)c(-c3cccc(Cl)c3Cl)c(CCC#N)cc2c2c1cc(C1CC(OCc3cn(C4CC4)nn3)CN1C(=O)C1CC1)n2C1C2CNC1C2. The van der Waals surface area contributed by atoms with Crippen molar-refractivity contribution in [2.75, 3.05) is 13.1 Å². The second kappa shape index (κ2) is 12.8. The quantitative estimate of drug-likeness (QED) is 0.155. The van der Waals surface area contributed by atoms with Gasteiger partial charge in [0.1, 0.15) is 11.2 Å². The number of nitrogens with zero attached hydrogens (tertiary/aromatic N) is 7. The Labute approximate surface area is 316 Å². The second-order valence-corrected chi connectivity index (χ2v) is 16.4. The average molecular weight is 754 g/mol. The standard InChI is InChI=1S/C40H39Cl2FN8O2/c1-20-28-15-33(32-14-26(18-49(32)40(52)21-7-8-21)53-19-24-17-50(48-47-24)25-9-10-25)51(38-23-13-31(38)45-16-23)39(28)29-12-22(4-3-11-44)34(36(43)37(29)46-20)27-5-2-6-30(41)35(27)42/h2,5-6,12,15,17,21,23,25-26,31-32,38,45H,3-4,7-10,13-14,16,18-19H2,1H3. The molecule has 6 fully saturated rings. The van der Waals surface area contributed by atoms with E-state index >= 15 is 4.39 Å². The average Bonchev–Trinajstić information content (AvgIpc) is 3.87. The van der Waals surface area contributed by atoms with Crippen LogP contribution in [0.2, 0.25) is 10.0 Å². The number of amides is 1. The fourth-order valence-electron chi connectivity index (χ4n) is 9.21. The number of aromatic nitrogens is 5. The van der Waals surface area contributed by atoms with Crippen molar-refractivity contribution in [3.63, 3.8) is 0 Å². The maximum absolute atomic E-state index is 17.2. The first-order valence-corrected chi connectivity index (χ1v) is 19.6. The molecule has 10 nitrogen and oxygen atoms in total. The van der Waals surface area contributed by atoms with Crippen LogP contribution in [-0.4, -0.2) is 60.6 Å². The van der Waals surface area contributed by atoms with Crippen molar-refractivity contribution in [3.05, 3.63) is 75.0 Å². The molecule has 0 spiro atoms.